The van der Waals surface area contributed by atoms with Gasteiger partial charge in [0.2, 0.25) is 0 Å². The SMILES string of the molecule is CC1(C)c2cc(Br)ccc2-c2ccc(Br)cc21.COc1ccc(-c2ccc3c(c2)C(C)(C)c2cc(Br)ccc2-3)c(-c2ccccc2)c1.COc1ccc(B(O)O)c(-c2ccccc2)c1. The molecular formula is C56H48BBr3O4. The van der Waals surface area contributed by atoms with E-state index in [1.54, 1.807) is 32.4 Å². The molecule has 2 aliphatic rings. The Morgan fingerprint density at radius 1 is 0.375 bits per heavy atom. The lowest BCUT2D eigenvalue weighted by atomic mass is 9.75. The van der Waals surface area contributed by atoms with E-state index in [2.05, 4.69) is 191 Å². The molecule has 0 bridgehead atoms. The topological polar surface area (TPSA) is 58.9 Å². The molecule has 0 aliphatic heterocycles. The fraction of sp³-hybridized carbons (Fsp3) is 0.143. The van der Waals surface area contributed by atoms with E-state index in [4.69, 9.17) is 9.47 Å². The molecule has 0 aromatic heterocycles. The third-order valence-electron chi connectivity index (χ3n) is 12.5. The highest BCUT2D eigenvalue weighted by Crippen LogP contribution is 2.52. The highest BCUT2D eigenvalue weighted by atomic mass is 79.9. The van der Waals surface area contributed by atoms with Crippen LogP contribution in [0.1, 0.15) is 49.9 Å². The summed E-state index contributed by atoms with van der Waals surface area (Å²) in [6.45, 7) is 9.22. The number of halogens is 3. The molecule has 10 rings (SSSR count). The highest BCUT2D eigenvalue weighted by molar-refractivity contribution is 9.11. The zero-order chi connectivity index (χ0) is 45.3. The Morgan fingerprint density at radius 2 is 0.750 bits per heavy atom. The fourth-order valence-electron chi connectivity index (χ4n) is 9.07. The van der Waals surface area contributed by atoms with Gasteiger partial charge in [-0.15, -0.1) is 0 Å². The summed E-state index contributed by atoms with van der Waals surface area (Å²) in [6.07, 6.45) is 0. The molecule has 2 N–H and O–H groups in total. The van der Waals surface area contributed by atoms with Gasteiger partial charge in [-0.25, -0.2) is 0 Å². The minimum Gasteiger partial charge on any atom is -0.497 e. The fourth-order valence-corrected chi connectivity index (χ4v) is 10.2. The Labute approximate surface area is 402 Å². The Morgan fingerprint density at radius 3 is 1.19 bits per heavy atom. The predicted molar refractivity (Wildman–Crippen MR) is 277 cm³/mol. The summed E-state index contributed by atoms with van der Waals surface area (Å²) >= 11 is 10.8. The summed E-state index contributed by atoms with van der Waals surface area (Å²) in [4.78, 5) is 0. The molecular weight excluding hydrogens is 987 g/mol. The molecule has 0 saturated heterocycles. The summed E-state index contributed by atoms with van der Waals surface area (Å²) in [6, 6.07) is 58.3. The van der Waals surface area contributed by atoms with Crippen molar-refractivity contribution in [2.24, 2.45) is 0 Å². The van der Waals surface area contributed by atoms with Crippen LogP contribution in [0.4, 0.5) is 0 Å². The molecule has 0 saturated carbocycles. The smallest absolute Gasteiger partial charge is 0.489 e. The van der Waals surface area contributed by atoms with Gasteiger partial charge in [0.1, 0.15) is 11.5 Å². The quantitative estimate of drug-likeness (QED) is 0.163. The number of hydrogen-bond donors (Lipinski definition) is 2. The third kappa shape index (κ3) is 8.92. The zero-order valence-electron chi connectivity index (χ0n) is 36.6. The van der Waals surface area contributed by atoms with E-state index in [1.165, 1.54) is 66.8 Å². The highest BCUT2D eigenvalue weighted by Gasteiger charge is 2.37. The van der Waals surface area contributed by atoms with Crippen molar-refractivity contribution in [3.63, 3.8) is 0 Å². The van der Waals surface area contributed by atoms with Crippen molar-refractivity contribution in [1.29, 1.82) is 0 Å². The second kappa shape index (κ2) is 18.7. The van der Waals surface area contributed by atoms with Crippen molar-refractivity contribution in [1.82, 2.24) is 0 Å². The Hall–Kier alpha value is -5.22. The van der Waals surface area contributed by atoms with Gasteiger partial charge in [-0.3, -0.25) is 0 Å². The summed E-state index contributed by atoms with van der Waals surface area (Å²) in [7, 11) is 1.81. The first-order valence-electron chi connectivity index (χ1n) is 21.1. The van der Waals surface area contributed by atoms with Gasteiger partial charge in [0.25, 0.3) is 0 Å². The van der Waals surface area contributed by atoms with Crippen LogP contribution in [0.15, 0.2) is 183 Å². The second-order valence-electron chi connectivity index (χ2n) is 17.1. The second-order valence-corrected chi connectivity index (χ2v) is 19.8. The van der Waals surface area contributed by atoms with Crippen molar-refractivity contribution >= 4 is 60.4 Å². The molecule has 4 nitrogen and oxygen atoms in total. The van der Waals surface area contributed by atoms with E-state index in [9.17, 15) is 10.0 Å². The maximum absolute atomic E-state index is 9.34. The van der Waals surface area contributed by atoms with Gasteiger partial charge in [0.15, 0.2) is 0 Å². The lowest BCUT2D eigenvalue weighted by Crippen LogP contribution is -2.31. The van der Waals surface area contributed by atoms with E-state index in [0.29, 0.717) is 11.2 Å². The summed E-state index contributed by atoms with van der Waals surface area (Å²) < 4.78 is 14.1. The molecule has 0 radical (unpaired) electrons. The van der Waals surface area contributed by atoms with E-state index < -0.39 is 7.12 Å². The largest absolute Gasteiger partial charge is 0.497 e. The molecule has 0 spiro atoms. The molecule has 0 unspecified atom stereocenters. The van der Waals surface area contributed by atoms with Crippen molar-refractivity contribution in [3.8, 4) is 67.1 Å². The molecule has 0 fully saturated rings. The number of benzene rings is 8. The molecule has 0 atom stereocenters. The van der Waals surface area contributed by atoms with Gasteiger partial charge in [-0.1, -0.05) is 179 Å². The van der Waals surface area contributed by atoms with Crippen LogP contribution in [0.25, 0.3) is 55.6 Å². The van der Waals surface area contributed by atoms with Crippen molar-refractivity contribution < 1.29 is 19.5 Å². The first kappa shape index (κ1) is 45.4. The lowest BCUT2D eigenvalue weighted by Gasteiger charge is -2.22. The normalized spacial score (nSPS) is 13.2. The van der Waals surface area contributed by atoms with Crippen LogP contribution in [0, 0.1) is 0 Å². The van der Waals surface area contributed by atoms with Crippen LogP contribution in [0.3, 0.4) is 0 Å². The molecule has 64 heavy (non-hydrogen) atoms. The lowest BCUT2D eigenvalue weighted by molar-refractivity contribution is 0.414. The summed E-state index contributed by atoms with van der Waals surface area (Å²) in [5, 5.41) is 18.7. The average molecular weight is 1040 g/mol. The molecule has 8 aromatic rings. The van der Waals surface area contributed by atoms with E-state index in [0.717, 1.165) is 30.3 Å². The van der Waals surface area contributed by atoms with Crippen LogP contribution in [-0.4, -0.2) is 31.4 Å². The first-order valence-corrected chi connectivity index (χ1v) is 23.5. The molecule has 0 amide bonds. The van der Waals surface area contributed by atoms with Crippen molar-refractivity contribution in [2.45, 2.75) is 38.5 Å². The summed E-state index contributed by atoms with van der Waals surface area (Å²) in [5.74, 6) is 1.56. The Balaban J connectivity index is 0.000000141. The number of hydrogen-bond acceptors (Lipinski definition) is 4. The maximum atomic E-state index is 9.34. The predicted octanol–water partition coefficient (Wildman–Crippen LogP) is 14.7. The van der Waals surface area contributed by atoms with E-state index in [-0.39, 0.29) is 10.8 Å². The standard InChI is InChI=1S/C28H23BrO.C15H12Br2.C13H13BO3/c1-28(2)26-15-19(9-12-23(26)24-13-10-20(29)16-27(24)28)22-14-11-21(30-3)17-25(22)18-7-5-4-6-8-18;1-15(2)13-7-9(16)3-5-11(13)12-6-4-10(17)8-14(12)15;1-17-11-7-8-13(14(15)16)12(9-11)10-5-3-2-4-6-10/h4-17H,1-3H3;3-8H,1-2H3;2-9,15-16H,1H3. The molecule has 2 aliphatic carbocycles. The number of rotatable bonds is 6. The third-order valence-corrected chi connectivity index (χ3v) is 14.0. The van der Waals surface area contributed by atoms with Gasteiger partial charge >= 0.3 is 7.12 Å². The van der Waals surface area contributed by atoms with E-state index in [1.807, 2.05) is 36.4 Å². The van der Waals surface area contributed by atoms with Crippen LogP contribution in [-0.2, 0) is 10.8 Å². The van der Waals surface area contributed by atoms with Crippen LogP contribution in [0.5, 0.6) is 11.5 Å². The minimum atomic E-state index is -1.49. The molecule has 8 heteroatoms. The number of ether oxygens (including phenoxy) is 2. The van der Waals surface area contributed by atoms with Gasteiger partial charge in [0, 0.05) is 24.2 Å². The van der Waals surface area contributed by atoms with Crippen molar-refractivity contribution in [3.05, 3.63) is 206 Å². The Kier molecular flexibility index (Phi) is 13.3. The van der Waals surface area contributed by atoms with Gasteiger partial charge in [-0.2, -0.15) is 0 Å². The number of fused-ring (bicyclic) bond motifs is 6. The average Bonchev–Trinajstić information content (AvgIpc) is 3.66. The molecule has 320 valence electrons. The monoisotopic (exact) mass is 1030 g/mol. The van der Waals surface area contributed by atoms with E-state index >= 15 is 0 Å². The number of methoxy groups -OCH3 is 2. The van der Waals surface area contributed by atoms with Gasteiger partial charge < -0.3 is 19.5 Å². The van der Waals surface area contributed by atoms with Crippen LogP contribution < -0.4 is 14.9 Å². The molecule has 8 aromatic carbocycles. The first-order chi connectivity index (χ1) is 30.7. The molecule has 0 heterocycles. The summed E-state index contributed by atoms with van der Waals surface area (Å²) in [5.41, 5.74) is 18.0. The van der Waals surface area contributed by atoms with Crippen LogP contribution in [0.2, 0.25) is 0 Å². The maximum Gasteiger partial charge on any atom is 0.489 e. The van der Waals surface area contributed by atoms with Crippen molar-refractivity contribution in [2.75, 3.05) is 14.2 Å². The van der Waals surface area contributed by atoms with Crippen LogP contribution >= 0.6 is 47.8 Å². The Bertz CT molecular complexity index is 2930. The van der Waals surface area contributed by atoms with Gasteiger partial charge in [-0.05, 0) is 150 Å². The van der Waals surface area contributed by atoms with Gasteiger partial charge in [0.05, 0.1) is 14.2 Å². The zero-order valence-corrected chi connectivity index (χ0v) is 41.3. The minimum absolute atomic E-state index is 0.0379.